The van der Waals surface area contributed by atoms with Gasteiger partial charge in [-0.2, -0.15) is 13.2 Å². The summed E-state index contributed by atoms with van der Waals surface area (Å²) in [5.41, 5.74) is 0.606. The number of alkyl halides is 3. The Morgan fingerprint density at radius 1 is 1.33 bits per heavy atom. The summed E-state index contributed by atoms with van der Waals surface area (Å²) in [6.45, 7) is -0.349. The lowest BCUT2D eigenvalue weighted by atomic mass is 10.2. The fourth-order valence-electron chi connectivity index (χ4n) is 2.79. The molecule has 1 aliphatic heterocycles. The number of ether oxygens (including phenoxy) is 3. The minimum absolute atomic E-state index is 0.0253. The minimum atomic E-state index is -4.48. The van der Waals surface area contributed by atoms with Crippen molar-refractivity contribution >= 4 is 27.5 Å². The van der Waals surface area contributed by atoms with E-state index in [1.165, 1.54) is 29.7 Å². The summed E-state index contributed by atoms with van der Waals surface area (Å²) in [5.74, 6) is -0.164. The van der Waals surface area contributed by atoms with Gasteiger partial charge in [-0.1, -0.05) is 0 Å². The van der Waals surface area contributed by atoms with Crippen molar-refractivity contribution in [2.75, 3.05) is 19.8 Å². The van der Waals surface area contributed by atoms with E-state index in [1.807, 2.05) is 0 Å². The lowest BCUT2D eigenvalue weighted by molar-refractivity contribution is -0.153. The summed E-state index contributed by atoms with van der Waals surface area (Å²) >= 11 is 1.19. The number of thiazole rings is 1. The molecule has 1 amide bonds. The molecule has 7 nitrogen and oxygen atoms in total. The number of fused-ring (bicyclic) bond motifs is 1. The molecule has 2 aromatic heterocycles. The first-order chi connectivity index (χ1) is 14.4. The molecule has 0 aliphatic carbocycles. The molecule has 3 heterocycles. The van der Waals surface area contributed by atoms with Crippen molar-refractivity contribution in [2.24, 2.45) is 0 Å². The molecule has 11 heteroatoms. The van der Waals surface area contributed by atoms with E-state index in [4.69, 9.17) is 14.2 Å². The molecule has 1 fully saturated rings. The Labute approximate surface area is 172 Å². The van der Waals surface area contributed by atoms with Crippen LogP contribution in [0.15, 0.2) is 36.5 Å². The quantitative estimate of drug-likeness (QED) is 0.627. The standard InChI is InChI=1S/C19H16F3N3O4S/c20-19(21,22)10-28-14-2-1-6-23-17(14)29-12-3-4-13-15(8-12)30-18(25-13)16(26)24-11-5-7-27-9-11/h1-4,6,8,11H,5,7,9-10H2,(H,24,26)/t11-/m0/s1. The first kappa shape index (κ1) is 20.4. The van der Waals surface area contributed by atoms with E-state index in [2.05, 4.69) is 15.3 Å². The summed E-state index contributed by atoms with van der Waals surface area (Å²) < 4.78 is 53.6. The van der Waals surface area contributed by atoms with Gasteiger partial charge in [0.15, 0.2) is 17.4 Å². The third-order valence-corrected chi connectivity index (χ3v) is 5.18. The number of hydrogen-bond acceptors (Lipinski definition) is 7. The summed E-state index contributed by atoms with van der Waals surface area (Å²) in [6.07, 6.45) is -2.33. The normalized spacial score (nSPS) is 16.6. The number of benzene rings is 1. The molecule has 3 aromatic rings. The van der Waals surface area contributed by atoms with Crippen molar-refractivity contribution in [3.8, 4) is 17.4 Å². The van der Waals surface area contributed by atoms with Crippen LogP contribution in [0.1, 0.15) is 16.2 Å². The van der Waals surface area contributed by atoms with Gasteiger partial charge in [-0.15, -0.1) is 11.3 Å². The van der Waals surface area contributed by atoms with E-state index in [0.717, 1.165) is 6.42 Å². The van der Waals surface area contributed by atoms with E-state index in [0.29, 0.717) is 34.2 Å². The highest BCUT2D eigenvalue weighted by Gasteiger charge is 2.29. The highest BCUT2D eigenvalue weighted by Crippen LogP contribution is 2.33. The molecule has 1 atom stereocenters. The zero-order chi connectivity index (χ0) is 21.1. The maximum absolute atomic E-state index is 12.4. The van der Waals surface area contributed by atoms with Crippen LogP contribution < -0.4 is 14.8 Å². The molecule has 0 saturated carbocycles. The number of pyridine rings is 1. The smallest absolute Gasteiger partial charge is 0.422 e. The third-order valence-electron chi connectivity index (χ3n) is 4.16. The van der Waals surface area contributed by atoms with Crippen molar-refractivity contribution in [3.05, 3.63) is 41.5 Å². The van der Waals surface area contributed by atoms with Gasteiger partial charge in [0, 0.05) is 18.9 Å². The Hall–Kier alpha value is -2.92. The van der Waals surface area contributed by atoms with Crippen LogP contribution in [0.3, 0.4) is 0 Å². The van der Waals surface area contributed by atoms with Crippen molar-refractivity contribution < 1.29 is 32.2 Å². The molecule has 1 aromatic carbocycles. The van der Waals surface area contributed by atoms with Gasteiger partial charge in [-0.05, 0) is 30.7 Å². The lowest BCUT2D eigenvalue weighted by Gasteiger charge is -2.12. The van der Waals surface area contributed by atoms with Gasteiger partial charge >= 0.3 is 6.18 Å². The topological polar surface area (TPSA) is 82.6 Å². The molecule has 1 saturated heterocycles. The lowest BCUT2D eigenvalue weighted by Crippen LogP contribution is -2.34. The molecule has 0 bridgehead atoms. The Morgan fingerprint density at radius 3 is 2.97 bits per heavy atom. The van der Waals surface area contributed by atoms with E-state index in [9.17, 15) is 18.0 Å². The molecular formula is C19H16F3N3O4S. The number of carbonyl (C=O) groups excluding carboxylic acids is 1. The molecule has 4 rings (SSSR count). The van der Waals surface area contributed by atoms with Crippen LogP contribution in [0, 0.1) is 0 Å². The van der Waals surface area contributed by atoms with Gasteiger partial charge in [0.1, 0.15) is 5.75 Å². The molecule has 1 N–H and O–H groups in total. The molecule has 0 spiro atoms. The Morgan fingerprint density at radius 2 is 2.20 bits per heavy atom. The number of halogens is 3. The number of nitrogens with one attached hydrogen (secondary N) is 1. The monoisotopic (exact) mass is 439 g/mol. The molecule has 0 radical (unpaired) electrons. The van der Waals surface area contributed by atoms with Gasteiger partial charge in [0.2, 0.25) is 0 Å². The SMILES string of the molecule is O=C(N[C@H]1CCOC1)c1nc2ccc(Oc3ncccc3OCC(F)(F)F)cc2s1. The zero-order valence-corrected chi connectivity index (χ0v) is 16.3. The maximum Gasteiger partial charge on any atom is 0.422 e. The van der Waals surface area contributed by atoms with Crippen LogP contribution in [0.25, 0.3) is 10.2 Å². The van der Waals surface area contributed by atoms with Crippen molar-refractivity contribution in [1.82, 2.24) is 15.3 Å². The molecule has 0 unspecified atom stereocenters. The molecular weight excluding hydrogens is 423 g/mol. The van der Waals surface area contributed by atoms with E-state index in [-0.39, 0.29) is 23.6 Å². The highest BCUT2D eigenvalue weighted by atomic mass is 32.1. The second-order valence-electron chi connectivity index (χ2n) is 6.50. The third kappa shape index (κ3) is 4.97. The van der Waals surface area contributed by atoms with E-state index >= 15 is 0 Å². The van der Waals surface area contributed by atoms with Crippen LogP contribution in [-0.4, -0.2) is 47.9 Å². The highest BCUT2D eigenvalue weighted by molar-refractivity contribution is 7.20. The Kier molecular flexibility index (Phi) is 5.73. The Balaban J connectivity index is 1.50. The van der Waals surface area contributed by atoms with Crippen LogP contribution in [0.4, 0.5) is 13.2 Å². The van der Waals surface area contributed by atoms with Crippen LogP contribution in [-0.2, 0) is 4.74 Å². The summed E-state index contributed by atoms with van der Waals surface area (Å²) in [7, 11) is 0. The van der Waals surface area contributed by atoms with Crippen LogP contribution in [0.5, 0.6) is 17.4 Å². The van der Waals surface area contributed by atoms with Gasteiger partial charge in [-0.25, -0.2) is 9.97 Å². The largest absolute Gasteiger partial charge is 0.478 e. The minimum Gasteiger partial charge on any atom is -0.478 e. The van der Waals surface area contributed by atoms with Crippen LogP contribution >= 0.6 is 11.3 Å². The fourth-order valence-corrected chi connectivity index (χ4v) is 3.69. The second kappa shape index (κ2) is 8.44. The summed E-state index contributed by atoms with van der Waals surface area (Å²) in [6, 6.07) is 7.67. The van der Waals surface area contributed by atoms with E-state index < -0.39 is 12.8 Å². The summed E-state index contributed by atoms with van der Waals surface area (Å²) in [5, 5.41) is 3.19. The average molecular weight is 439 g/mol. The average Bonchev–Trinajstić information content (AvgIpc) is 3.36. The summed E-state index contributed by atoms with van der Waals surface area (Å²) in [4.78, 5) is 20.6. The van der Waals surface area contributed by atoms with Crippen LogP contribution in [0.2, 0.25) is 0 Å². The molecule has 158 valence electrons. The van der Waals surface area contributed by atoms with Gasteiger partial charge in [0.25, 0.3) is 11.8 Å². The number of rotatable bonds is 6. The number of amides is 1. The zero-order valence-electron chi connectivity index (χ0n) is 15.4. The predicted octanol–water partition coefficient (Wildman–Crippen LogP) is 3.94. The van der Waals surface area contributed by atoms with Gasteiger partial charge < -0.3 is 19.5 Å². The van der Waals surface area contributed by atoms with E-state index in [1.54, 1.807) is 18.2 Å². The molecule has 30 heavy (non-hydrogen) atoms. The van der Waals surface area contributed by atoms with Crippen molar-refractivity contribution in [1.29, 1.82) is 0 Å². The predicted molar refractivity (Wildman–Crippen MR) is 102 cm³/mol. The number of nitrogens with zero attached hydrogens (tertiary/aromatic N) is 2. The number of hydrogen-bond donors (Lipinski definition) is 1. The second-order valence-corrected chi connectivity index (χ2v) is 7.53. The van der Waals surface area contributed by atoms with Gasteiger partial charge in [-0.3, -0.25) is 4.79 Å². The fraction of sp³-hybridized carbons (Fsp3) is 0.316. The first-order valence-electron chi connectivity index (χ1n) is 8.99. The number of aromatic nitrogens is 2. The maximum atomic E-state index is 12.4. The number of carbonyl (C=O) groups is 1. The first-order valence-corrected chi connectivity index (χ1v) is 9.81. The molecule has 1 aliphatic rings. The van der Waals surface area contributed by atoms with Gasteiger partial charge in [0.05, 0.1) is 22.9 Å². The van der Waals surface area contributed by atoms with Crippen molar-refractivity contribution in [3.63, 3.8) is 0 Å². The van der Waals surface area contributed by atoms with Crippen molar-refractivity contribution in [2.45, 2.75) is 18.6 Å². The Bertz CT molecular complexity index is 1050.